The molecule has 0 bridgehead atoms. The van der Waals surface area contributed by atoms with Crippen LogP contribution in [0, 0.1) is 0 Å². The zero-order valence-electron chi connectivity index (χ0n) is 16.4. The molecule has 3 rings (SSSR count). The van der Waals surface area contributed by atoms with E-state index in [4.69, 9.17) is 19.8 Å². The molecule has 1 amide bonds. The number of para-hydroxylation sites is 1. The highest BCUT2D eigenvalue weighted by Crippen LogP contribution is 2.30. The molecule has 0 aliphatic heterocycles. The summed E-state index contributed by atoms with van der Waals surface area (Å²) in [5, 5.41) is 23.3. The molecule has 0 saturated carbocycles. The van der Waals surface area contributed by atoms with Crippen molar-refractivity contribution in [1.29, 1.82) is 0 Å². The lowest BCUT2D eigenvalue weighted by Gasteiger charge is -2.07. The van der Waals surface area contributed by atoms with Crippen LogP contribution in [0.2, 0.25) is 0 Å². The van der Waals surface area contributed by atoms with Gasteiger partial charge in [0.15, 0.2) is 0 Å². The predicted octanol–water partition coefficient (Wildman–Crippen LogP) is 2.91. The van der Waals surface area contributed by atoms with Crippen LogP contribution in [0.5, 0.6) is 0 Å². The number of fused-ring (bicyclic) bond motifs is 3. The maximum Gasteiger partial charge on any atom is 0.414 e. The SMILES string of the molecule is CCCNCC(=O)Nc1ccc2c(c1)c1ccccc1n2CC.O=C(O)C(=O)O. The van der Waals surface area contributed by atoms with Crippen molar-refractivity contribution >= 4 is 45.3 Å². The molecule has 0 unspecified atom stereocenters. The maximum atomic E-state index is 12.0. The van der Waals surface area contributed by atoms with Gasteiger partial charge in [0, 0.05) is 34.0 Å². The number of nitrogens with zero attached hydrogens (tertiary/aromatic N) is 1. The van der Waals surface area contributed by atoms with Gasteiger partial charge >= 0.3 is 11.9 Å². The van der Waals surface area contributed by atoms with Gasteiger partial charge < -0.3 is 25.4 Å². The highest BCUT2D eigenvalue weighted by molar-refractivity contribution is 6.27. The lowest BCUT2D eigenvalue weighted by molar-refractivity contribution is -0.159. The molecule has 1 aromatic heterocycles. The molecule has 0 radical (unpaired) electrons. The molecule has 8 heteroatoms. The minimum absolute atomic E-state index is 0.00275. The van der Waals surface area contributed by atoms with Crippen molar-refractivity contribution in [3.8, 4) is 0 Å². The highest BCUT2D eigenvalue weighted by atomic mass is 16.4. The number of aryl methyl sites for hydroxylation is 1. The van der Waals surface area contributed by atoms with Crippen LogP contribution in [0.15, 0.2) is 42.5 Å². The Bertz CT molecular complexity index is 1010. The summed E-state index contributed by atoms with van der Waals surface area (Å²) in [6, 6.07) is 14.5. The Hall–Kier alpha value is -3.39. The number of amides is 1. The first-order valence-corrected chi connectivity index (χ1v) is 9.36. The molecule has 2 aromatic carbocycles. The first-order valence-electron chi connectivity index (χ1n) is 9.36. The van der Waals surface area contributed by atoms with Gasteiger partial charge in [-0.25, -0.2) is 9.59 Å². The lowest BCUT2D eigenvalue weighted by Crippen LogP contribution is -2.28. The molecule has 29 heavy (non-hydrogen) atoms. The molecule has 8 nitrogen and oxygen atoms in total. The molecule has 0 aliphatic carbocycles. The van der Waals surface area contributed by atoms with E-state index in [9.17, 15) is 4.79 Å². The molecule has 154 valence electrons. The van der Waals surface area contributed by atoms with Gasteiger partial charge in [0.1, 0.15) is 0 Å². The largest absolute Gasteiger partial charge is 0.473 e. The molecule has 4 N–H and O–H groups in total. The molecule has 3 aromatic rings. The molecule has 0 saturated heterocycles. The number of anilines is 1. The number of aromatic nitrogens is 1. The average molecular weight is 399 g/mol. The molecular formula is C21H25N3O5. The fourth-order valence-electron chi connectivity index (χ4n) is 3.06. The third-order valence-electron chi connectivity index (χ3n) is 4.27. The number of rotatable bonds is 6. The minimum Gasteiger partial charge on any atom is -0.473 e. The van der Waals surface area contributed by atoms with Gasteiger partial charge in [0.05, 0.1) is 6.54 Å². The van der Waals surface area contributed by atoms with E-state index in [2.05, 4.69) is 65.4 Å². The Morgan fingerprint density at radius 3 is 2.21 bits per heavy atom. The fourth-order valence-corrected chi connectivity index (χ4v) is 3.06. The van der Waals surface area contributed by atoms with E-state index in [0.717, 1.165) is 25.2 Å². The first-order chi connectivity index (χ1) is 13.9. The summed E-state index contributed by atoms with van der Waals surface area (Å²) in [6.07, 6.45) is 1.02. The van der Waals surface area contributed by atoms with Crippen molar-refractivity contribution in [2.75, 3.05) is 18.4 Å². The summed E-state index contributed by atoms with van der Waals surface area (Å²) in [4.78, 5) is 30.2. The second kappa shape index (κ2) is 10.2. The lowest BCUT2D eigenvalue weighted by atomic mass is 10.1. The van der Waals surface area contributed by atoms with Crippen LogP contribution < -0.4 is 10.6 Å². The molecule has 0 aliphatic rings. The zero-order valence-corrected chi connectivity index (χ0v) is 16.4. The average Bonchev–Trinajstić information content (AvgIpc) is 3.01. The number of carboxylic acids is 2. The number of hydrogen-bond acceptors (Lipinski definition) is 4. The van der Waals surface area contributed by atoms with Crippen LogP contribution in [0.4, 0.5) is 5.69 Å². The van der Waals surface area contributed by atoms with Crippen LogP contribution in [0.3, 0.4) is 0 Å². The first kappa shape index (κ1) is 21.9. The van der Waals surface area contributed by atoms with Gasteiger partial charge in [0.2, 0.25) is 5.91 Å². The van der Waals surface area contributed by atoms with Crippen LogP contribution in [0.25, 0.3) is 21.8 Å². The number of nitrogens with one attached hydrogen (secondary N) is 2. The van der Waals surface area contributed by atoms with E-state index in [1.54, 1.807) is 0 Å². The van der Waals surface area contributed by atoms with Gasteiger partial charge in [-0.3, -0.25) is 4.79 Å². The predicted molar refractivity (Wildman–Crippen MR) is 112 cm³/mol. The molecule has 0 atom stereocenters. The van der Waals surface area contributed by atoms with Crippen LogP contribution in [-0.4, -0.2) is 45.7 Å². The number of benzene rings is 2. The third-order valence-corrected chi connectivity index (χ3v) is 4.27. The summed E-state index contributed by atoms with van der Waals surface area (Å²) in [5.41, 5.74) is 3.29. The van der Waals surface area contributed by atoms with Crippen molar-refractivity contribution in [2.24, 2.45) is 0 Å². The summed E-state index contributed by atoms with van der Waals surface area (Å²) in [6.45, 7) is 6.37. The minimum atomic E-state index is -1.82. The Morgan fingerprint density at radius 1 is 0.931 bits per heavy atom. The maximum absolute atomic E-state index is 12.0. The van der Waals surface area contributed by atoms with Crippen molar-refractivity contribution in [3.05, 3.63) is 42.5 Å². The Morgan fingerprint density at radius 2 is 1.59 bits per heavy atom. The smallest absolute Gasteiger partial charge is 0.414 e. The molecular weight excluding hydrogens is 374 g/mol. The van der Waals surface area contributed by atoms with E-state index in [1.807, 2.05) is 6.07 Å². The summed E-state index contributed by atoms with van der Waals surface area (Å²) in [7, 11) is 0. The van der Waals surface area contributed by atoms with Crippen LogP contribution >= 0.6 is 0 Å². The van der Waals surface area contributed by atoms with E-state index >= 15 is 0 Å². The van der Waals surface area contributed by atoms with E-state index in [-0.39, 0.29) is 5.91 Å². The Labute approximate surface area is 168 Å². The van der Waals surface area contributed by atoms with Gasteiger partial charge in [-0.15, -0.1) is 0 Å². The monoisotopic (exact) mass is 399 g/mol. The van der Waals surface area contributed by atoms with Crippen molar-refractivity contribution in [2.45, 2.75) is 26.8 Å². The second-order valence-corrected chi connectivity index (χ2v) is 6.33. The topological polar surface area (TPSA) is 121 Å². The van der Waals surface area contributed by atoms with Gasteiger partial charge in [-0.2, -0.15) is 0 Å². The van der Waals surface area contributed by atoms with E-state index in [0.29, 0.717) is 6.54 Å². The zero-order chi connectivity index (χ0) is 21.4. The van der Waals surface area contributed by atoms with Crippen molar-refractivity contribution < 1.29 is 24.6 Å². The number of carbonyl (C=O) groups is 3. The number of hydrogen-bond donors (Lipinski definition) is 4. The second-order valence-electron chi connectivity index (χ2n) is 6.33. The quantitative estimate of drug-likeness (QED) is 0.374. The third kappa shape index (κ3) is 5.55. The summed E-state index contributed by atoms with van der Waals surface area (Å²) >= 11 is 0. The summed E-state index contributed by atoms with van der Waals surface area (Å²) in [5.74, 6) is -3.65. The van der Waals surface area contributed by atoms with Crippen LogP contribution in [-0.2, 0) is 20.9 Å². The Balaban J connectivity index is 0.000000438. The van der Waals surface area contributed by atoms with Crippen molar-refractivity contribution in [1.82, 2.24) is 9.88 Å². The van der Waals surface area contributed by atoms with E-state index in [1.165, 1.54) is 21.8 Å². The van der Waals surface area contributed by atoms with Gasteiger partial charge in [-0.1, -0.05) is 25.1 Å². The number of carbonyl (C=O) groups excluding carboxylic acids is 1. The highest BCUT2D eigenvalue weighted by Gasteiger charge is 2.10. The van der Waals surface area contributed by atoms with Crippen LogP contribution in [0.1, 0.15) is 20.3 Å². The molecule has 1 heterocycles. The standard InChI is InChI=1S/C19H23N3O.C2H2O4/c1-3-11-20-13-19(23)21-14-9-10-18-16(12-14)15-7-5-6-8-17(15)22(18)4-2;3-1(4)2(5)6/h5-10,12,20H,3-4,11,13H2,1-2H3,(H,21,23);(H,3,4)(H,5,6). The van der Waals surface area contributed by atoms with Gasteiger partial charge in [-0.05, 0) is 44.2 Å². The Kier molecular flexibility index (Phi) is 7.73. The summed E-state index contributed by atoms with van der Waals surface area (Å²) < 4.78 is 2.30. The number of aliphatic carboxylic acids is 2. The van der Waals surface area contributed by atoms with Gasteiger partial charge in [0.25, 0.3) is 0 Å². The fraction of sp³-hybridized carbons (Fsp3) is 0.286. The van der Waals surface area contributed by atoms with Crippen molar-refractivity contribution in [3.63, 3.8) is 0 Å². The molecule has 0 fully saturated rings. The number of carboxylic acid groups (broad SMARTS) is 2. The van der Waals surface area contributed by atoms with E-state index < -0.39 is 11.9 Å². The molecule has 0 spiro atoms. The normalized spacial score (nSPS) is 10.4.